The molecule has 152 valence electrons. The minimum atomic E-state index is -0.0260. The number of fused-ring (bicyclic) bond motifs is 1. The van der Waals surface area contributed by atoms with Crippen molar-refractivity contribution in [1.82, 2.24) is 19.7 Å². The molecule has 0 aliphatic heterocycles. The van der Waals surface area contributed by atoms with Crippen LogP contribution in [0.2, 0.25) is 0 Å². The van der Waals surface area contributed by atoms with Crippen LogP contribution in [0.1, 0.15) is 32.7 Å². The van der Waals surface area contributed by atoms with Gasteiger partial charge in [-0.05, 0) is 50.1 Å². The molecule has 0 saturated carbocycles. The maximum Gasteiger partial charge on any atom is 0.254 e. The first kappa shape index (κ1) is 19.8. The summed E-state index contributed by atoms with van der Waals surface area (Å²) in [6.45, 7) is 6.66. The lowest BCUT2D eigenvalue weighted by Gasteiger charge is -2.19. The average Bonchev–Trinajstić information content (AvgIpc) is 3.05. The van der Waals surface area contributed by atoms with E-state index in [-0.39, 0.29) is 5.91 Å². The highest BCUT2D eigenvalue weighted by molar-refractivity contribution is 6.07. The maximum atomic E-state index is 13.5. The monoisotopic (exact) mass is 398 g/mol. The molecular weight excluding hydrogens is 372 g/mol. The Bertz CT molecular complexity index is 1260. The van der Waals surface area contributed by atoms with Gasteiger partial charge in [-0.25, -0.2) is 4.98 Å². The highest BCUT2D eigenvalue weighted by Gasteiger charge is 2.19. The molecule has 0 unspecified atom stereocenters. The highest BCUT2D eigenvalue weighted by atomic mass is 16.2. The second-order valence-electron chi connectivity index (χ2n) is 7.95. The maximum absolute atomic E-state index is 13.5. The molecule has 0 N–H and O–H groups in total. The number of carbonyl (C=O) groups is 1. The van der Waals surface area contributed by atoms with E-state index in [4.69, 9.17) is 4.98 Å². The highest BCUT2D eigenvalue weighted by Crippen LogP contribution is 2.27. The zero-order valence-corrected chi connectivity index (χ0v) is 18.1. The molecule has 4 aromatic rings. The second kappa shape index (κ2) is 7.75. The van der Waals surface area contributed by atoms with Crippen LogP contribution >= 0.6 is 0 Å². The van der Waals surface area contributed by atoms with Crippen LogP contribution in [0.15, 0.2) is 54.7 Å². The predicted octanol–water partition coefficient (Wildman–Crippen LogP) is 4.83. The number of benzene rings is 2. The zero-order valence-electron chi connectivity index (χ0n) is 18.1. The van der Waals surface area contributed by atoms with Gasteiger partial charge in [0.25, 0.3) is 5.91 Å². The molecule has 0 fully saturated rings. The number of pyridine rings is 1. The Morgan fingerprint density at radius 3 is 2.50 bits per heavy atom. The number of carbonyl (C=O) groups excluding carboxylic acids is 1. The van der Waals surface area contributed by atoms with Crippen LogP contribution in [0, 0.1) is 20.8 Å². The molecule has 0 saturated heterocycles. The Labute approximate surface area is 177 Å². The lowest BCUT2D eigenvalue weighted by atomic mass is 10.0. The van der Waals surface area contributed by atoms with E-state index >= 15 is 0 Å². The van der Waals surface area contributed by atoms with Crippen molar-refractivity contribution in [2.45, 2.75) is 27.3 Å². The molecule has 0 bridgehead atoms. The number of amides is 1. The third-order valence-corrected chi connectivity index (χ3v) is 5.62. The van der Waals surface area contributed by atoms with Gasteiger partial charge >= 0.3 is 0 Å². The standard InChI is InChI=1S/C25H26N4O/c1-16-10-11-19(12-17(16)2)24-13-22(21-8-6-7-9-23(21)26-24)25(30)28(4)14-20-15-29(5)27-18(20)3/h6-13,15H,14H2,1-5H3. The van der Waals surface area contributed by atoms with Crippen LogP contribution < -0.4 is 0 Å². The first-order chi connectivity index (χ1) is 14.3. The Balaban J connectivity index is 1.77. The van der Waals surface area contributed by atoms with Gasteiger partial charge < -0.3 is 4.90 Å². The van der Waals surface area contributed by atoms with Crippen LogP contribution in [0.5, 0.6) is 0 Å². The van der Waals surface area contributed by atoms with E-state index in [9.17, 15) is 4.79 Å². The van der Waals surface area contributed by atoms with Gasteiger partial charge in [-0.2, -0.15) is 5.10 Å². The van der Waals surface area contributed by atoms with Crippen molar-refractivity contribution in [1.29, 1.82) is 0 Å². The normalized spacial score (nSPS) is 11.1. The van der Waals surface area contributed by atoms with E-state index < -0.39 is 0 Å². The Morgan fingerprint density at radius 1 is 1.03 bits per heavy atom. The summed E-state index contributed by atoms with van der Waals surface area (Å²) in [7, 11) is 3.73. The summed E-state index contributed by atoms with van der Waals surface area (Å²) in [6.07, 6.45) is 1.96. The van der Waals surface area contributed by atoms with E-state index in [1.165, 1.54) is 11.1 Å². The summed E-state index contributed by atoms with van der Waals surface area (Å²) in [5, 5.41) is 5.25. The van der Waals surface area contributed by atoms with E-state index in [2.05, 4.69) is 37.1 Å². The number of para-hydroxylation sites is 1. The van der Waals surface area contributed by atoms with Gasteiger partial charge in [-0.3, -0.25) is 9.48 Å². The van der Waals surface area contributed by atoms with Gasteiger partial charge in [0.15, 0.2) is 0 Å². The molecule has 0 spiro atoms. The smallest absolute Gasteiger partial charge is 0.254 e. The fourth-order valence-corrected chi connectivity index (χ4v) is 3.74. The molecule has 0 aliphatic carbocycles. The van der Waals surface area contributed by atoms with Gasteiger partial charge in [0, 0.05) is 43.4 Å². The Hall–Kier alpha value is -3.47. The van der Waals surface area contributed by atoms with Crippen molar-refractivity contribution in [2.75, 3.05) is 7.05 Å². The third kappa shape index (κ3) is 3.71. The number of aromatic nitrogens is 3. The zero-order chi connectivity index (χ0) is 21.4. The van der Waals surface area contributed by atoms with Crippen LogP contribution in [0.3, 0.4) is 0 Å². The number of nitrogens with zero attached hydrogens (tertiary/aromatic N) is 4. The lowest BCUT2D eigenvalue weighted by molar-refractivity contribution is 0.0787. The Morgan fingerprint density at radius 2 is 1.80 bits per heavy atom. The summed E-state index contributed by atoms with van der Waals surface area (Å²) < 4.78 is 1.78. The molecular formula is C25H26N4O. The molecule has 4 rings (SSSR count). The van der Waals surface area contributed by atoms with Gasteiger partial charge in [0.2, 0.25) is 0 Å². The first-order valence-electron chi connectivity index (χ1n) is 10.1. The second-order valence-corrected chi connectivity index (χ2v) is 7.95. The molecule has 5 nitrogen and oxygen atoms in total. The van der Waals surface area contributed by atoms with Crippen LogP contribution in [-0.4, -0.2) is 32.6 Å². The summed E-state index contributed by atoms with van der Waals surface area (Å²) >= 11 is 0. The topological polar surface area (TPSA) is 51.0 Å². The molecule has 2 aromatic carbocycles. The number of rotatable bonds is 4. The average molecular weight is 399 g/mol. The van der Waals surface area contributed by atoms with Crippen LogP contribution in [0.4, 0.5) is 0 Å². The van der Waals surface area contributed by atoms with Crippen molar-refractivity contribution < 1.29 is 4.79 Å². The Kier molecular flexibility index (Phi) is 5.12. The molecule has 0 aliphatic rings. The number of hydrogen-bond acceptors (Lipinski definition) is 3. The summed E-state index contributed by atoms with van der Waals surface area (Å²) in [4.78, 5) is 20.0. The van der Waals surface area contributed by atoms with E-state index in [0.29, 0.717) is 12.1 Å². The minimum absolute atomic E-state index is 0.0260. The predicted molar refractivity (Wildman–Crippen MR) is 120 cm³/mol. The van der Waals surface area contributed by atoms with Gasteiger partial charge in [-0.1, -0.05) is 30.3 Å². The van der Waals surface area contributed by atoms with Crippen molar-refractivity contribution in [3.8, 4) is 11.3 Å². The number of hydrogen-bond donors (Lipinski definition) is 0. The summed E-state index contributed by atoms with van der Waals surface area (Å²) in [6, 6.07) is 16.0. The van der Waals surface area contributed by atoms with E-state index in [1.54, 1.807) is 9.58 Å². The van der Waals surface area contributed by atoms with Crippen molar-refractivity contribution in [3.05, 3.63) is 82.7 Å². The fourth-order valence-electron chi connectivity index (χ4n) is 3.74. The van der Waals surface area contributed by atoms with Crippen molar-refractivity contribution >= 4 is 16.8 Å². The van der Waals surface area contributed by atoms with E-state index in [1.807, 2.05) is 57.5 Å². The van der Waals surface area contributed by atoms with Crippen molar-refractivity contribution in [2.24, 2.45) is 7.05 Å². The van der Waals surface area contributed by atoms with Crippen LogP contribution in [-0.2, 0) is 13.6 Å². The molecule has 30 heavy (non-hydrogen) atoms. The molecule has 2 heterocycles. The van der Waals surface area contributed by atoms with Gasteiger partial charge in [0.1, 0.15) is 0 Å². The summed E-state index contributed by atoms with van der Waals surface area (Å²) in [5.74, 6) is -0.0260. The quantitative estimate of drug-likeness (QED) is 0.495. The third-order valence-electron chi connectivity index (χ3n) is 5.62. The molecule has 1 amide bonds. The van der Waals surface area contributed by atoms with Gasteiger partial charge in [0.05, 0.1) is 22.5 Å². The van der Waals surface area contributed by atoms with Crippen LogP contribution in [0.25, 0.3) is 22.2 Å². The largest absolute Gasteiger partial charge is 0.337 e. The lowest BCUT2D eigenvalue weighted by Crippen LogP contribution is -2.26. The number of aryl methyl sites for hydroxylation is 4. The first-order valence-corrected chi connectivity index (χ1v) is 10.1. The molecule has 5 heteroatoms. The molecule has 0 radical (unpaired) electrons. The van der Waals surface area contributed by atoms with Crippen molar-refractivity contribution in [3.63, 3.8) is 0 Å². The molecule has 2 aromatic heterocycles. The van der Waals surface area contributed by atoms with E-state index in [0.717, 1.165) is 33.4 Å². The fraction of sp³-hybridized carbons (Fsp3) is 0.240. The SMILES string of the molecule is Cc1ccc(-c2cc(C(=O)N(C)Cc3cn(C)nc3C)c3ccccc3n2)cc1C. The molecule has 0 atom stereocenters. The van der Waals surface area contributed by atoms with Gasteiger partial charge in [-0.15, -0.1) is 0 Å². The summed E-state index contributed by atoms with van der Waals surface area (Å²) in [5.41, 5.74) is 7.74. The minimum Gasteiger partial charge on any atom is -0.337 e.